The molecule has 1 aliphatic heterocycles. The molecular weight excluding hydrogens is 386 g/mol. The summed E-state index contributed by atoms with van der Waals surface area (Å²) < 4.78 is 0. The van der Waals surface area contributed by atoms with Gasteiger partial charge in [-0.1, -0.05) is 66.7 Å². The molecule has 0 fully saturated rings. The van der Waals surface area contributed by atoms with Crippen LogP contribution in [0.4, 0.5) is 5.69 Å². The molecule has 0 aliphatic carbocycles. The molecule has 1 aliphatic rings. The molecule has 4 nitrogen and oxygen atoms in total. The monoisotopic (exact) mass is 403 g/mol. The number of nitrogens with zero attached hydrogens (tertiary/aromatic N) is 1. The third-order valence-electron chi connectivity index (χ3n) is 5.41. The predicted octanol–water partition coefficient (Wildman–Crippen LogP) is 5.54. The molecule has 0 radical (unpaired) electrons. The molecule has 2 amide bonds. The van der Waals surface area contributed by atoms with Crippen LogP contribution < -0.4 is 4.90 Å². The maximum atomic E-state index is 13.2. The minimum Gasteiger partial charge on any atom is -0.289 e. The van der Waals surface area contributed by atoms with Crippen molar-refractivity contribution in [2.45, 2.75) is 0 Å². The molecule has 5 rings (SSSR count). The van der Waals surface area contributed by atoms with Crippen LogP contribution in [-0.4, -0.2) is 17.6 Å². The number of ketones is 1. The Balaban J connectivity index is 1.61. The summed E-state index contributed by atoms with van der Waals surface area (Å²) in [5, 5.41) is 1.13. The molecule has 0 atom stereocenters. The van der Waals surface area contributed by atoms with Gasteiger partial charge >= 0.3 is 0 Å². The normalized spacial score (nSPS) is 13.2. The minimum absolute atomic E-state index is 0.182. The fraction of sp³-hybridized carbons (Fsp3) is 0. The zero-order valence-electron chi connectivity index (χ0n) is 16.5. The lowest BCUT2D eigenvalue weighted by Gasteiger charge is -2.27. The molecule has 0 spiro atoms. The Bertz CT molecular complexity index is 1350. The van der Waals surface area contributed by atoms with Crippen molar-refractivity contribution in [1.29, 1.82) is 0 Å². The van der Waals surface area contributed by atoms with Crippen molar-refractivity contribution < 1.29 is 14.4 Å². The van der Waals surface area contributed by atoms with E-state index in [-0.39, 0.29) is 5.78 Å². The third kappa shape index (κ3) is 3.15. The molecule has 0 bridgehead atoms. The molecule has 1 heterocycles. The van der Waals surface area contributed by atoms with E-state index in [0.717, 1.165) is 5.56 Å². The number of rotatable bonds is 4. The molecule has 4 heteroatoms. The molecule has 148 valence electrons. The van der Waals surface area contributed by atoms with Gasteiger partial charge < -0.3 is 0 Å². The van der Waals surface area contributed by atoms with E-state index < -0.39 is 11.8 Å². The van der Waals surface area contributed by atoms with E-state index in [4.69, 9.17) is 0 Å². The van der Waals surface area contributed by atoms with Crippen molar-refractivity contribution >= 4 is 40.1 Å². The number of amides is 2. The highest BCUT2D eigenvalue weighted by atomic mass is 16.2. The number of carbonyl (C=O) groups excluding carboxylic acids is 3. The van der Waals surface area contributed by atoms with Crippen molar-refractivity contribution in [2.75, 3.05) is 4.90 Å². The van der Waals surface area contributed by atoms with Crippen molar-refractivity contribution in [3.8, 4) is 0 Å². The topological polar surface area (TPSA) is 54.5 Å². The van der Waals surface area contributed by atoms with E-state index in [1.165, 1.54) is 11.0 Å². The van der Waals surface area contributed by atoms with Gasteiger partial charge in [-0.25, -0.2) is 4.90 Å². The zero-order valence-corrected chi connectivity index (χ0v) is 16.5. The summed E-state index contributed by atoms with van der Waals surface area (Å²) in [6.07, 6.45) is 3.27. The lowest BCUT2D eigenvalue weighted by atomic mass is 9.89. The average molecular weight is 403 g/mol. The fourth-order valence-electron chi connectivity index (χ4n) is 3.95. The third-order valence-corrected chi connectivity index (χ3v) is 5.41. The van der Waals surface area contributed by atoms with Gasteiger partial charge in [-0.15, -0.1) is 0 Å². The SMILES string of the molecule is O=C(/C=C/c1ccccc1)c1ccc2c3c(cccc13)C(=O)N(c1ccccc1)C2=O. The van der Waals surface area contributed by atoms with Gasteiger partial charge in [0.15, 0.2) is 5.78 Å². The van der Waals surface area contributed by atoms with Crippen LogP contribution in [0.25, 0.3) is 16.8 Å². The van der Waals surface area contributed by atoms with Crippen molar-refractivity contribution in [2.24, 2.45) is 0 Å². The van der Waals surface area contributed by atoms with Crippen LogP contribution in [-0.2, 0) is 0 Å². The smallest absolute Gasteiger partial charge is 0.265 e. The Kier molecular flexibility index (Phi) is 4.53. The average Bonchev–Trinajstić information content (AvgIpc) is 2.82. The van der Waals surface area contributed by atoms with Crippen LogP contribution in [0.1, 0.15) is 36.6 Å². The van der Waals surface area contributed by atoms with E-state index in [1.54, 1.807) is 60.7 Å². The van der Waals surface area contributed by atoms with E-state index >= 15 is 0 Å². The summed E-state index contributed by atoms with van der Waals surface area (Å²) in [5.74, 6) is -0.963. The standard InChI is InChI=1S/C27H17NO3/c29-24(17-14-18-8-3-1-4-9-18)20-15-16-23-25-21(20)12-7-13-22(25)26(30)28(27(23)31)19-10-5-2-6-11-19/h1-17H/b17-14+. The van der Waals surface area contributed by atoms with Gasteiger partial charge in [0.25, 0.3) is 11.8 Å². The summed E-state index contributed by atoms with van der Waals surface area (Å²) >= 11 is 0. The van der Waals surface area contributed by atoms with Crippen molar-refractivity contribution in [3.63, 3.8) is 0 Å². The van der Waals surface area contributed by atoms with Gasteiger partial charge in [0.05, 0.1) is 5.69 Å². The van der Waals surface area contributed by atoms with E-state index in [9.17, 15) is 14.4 Å². The second-order valence-electron chi connectivity index (χ2n) is 7.28. The van der Waals surface area contributed by atoms with Crippen LogP contribution in [0.2, 0.25) is 0 Å². The van der Waals surface area contributed by atoms with Crippen LogP contribution in [0, 0.1) is 0 Å². The number of carbonyl (C=O) groups is 3. The Hall–Kier alpha value is -4.31. The van der Waals surface area contributed by atoms with Gasteiger partial charge in [-0.05, 0) is 47.4 Å². The Morgan fingerprint density at radius 2 is 1.32 bits per heavy atom. The highest BCUT2D eigenvalue weighted by Crippen LogP contribution is 2.34. The van der Waals surface area contributed by atoms with Crippen LogP contribution in [0.5, 0.6) is 0 Å². The quantitative estimate of drug-likeness (QED) is 0.255. The van der Waals surface area contributed by atoms with Crippen molar-refractivity contribution in [3.05, 3.63) is 119 Å². The van der Waals surface area contributed by atoms with Gasteiger partial charge in [-0.3, -0.25) is 14.4 Å². The highest BCUT2D eigenvalue weighted by Gasteiger charge is 2.34. The van der Waals surface area contributed by atoms with Gasteiger partial charge in [0.1, 0.15) is 0 Å². The number of anilines is 1. The van der Waals surface area contributed by atoms with Crippen LogP contribution in [0.15, 0.2) is 97.1 Å². The lowest BCUT2D eigenvalue weighted by Crippen LogP contribution is -2.40. The number of imide groups is 1. The second kappa shape index (κ2) is 7.50. The zero-order chi connectivity index (χ0) is 21.4. The molecule has 0 aromatic heterocycles. The molecule has 0 N–H and O–H groups in total. The molecule has 0 unspecified atom stereocenters. The molecule has 4 aromatic carbocycles. The maximum Gasteiger partial charge on any atom is 0.265 e. The first-order valence-electron chi connectivity index (χ1n) is 9.92. The molecule has 0 saturated heterocycles. The van der Waals surface area contributed by atoms with Crippen LogP contribution >= 0.6 is 0 Å². The summed E-state index contributed by atoms with van der Waals surface area (Å²) in [4.78, 5) is 40.6. The second-order valence-corrected chi connectivity index (χ2v) is 7.28. The molecule has 31 heavy (non-hydrogen) atoms. The summed E-state index contributed by atoms with van der Waals surface area (Å²) in [7, 11) is 0. The summed E-state index contributed by atoms with van der Waals surface area (Å²) in [6.45, 7) is 0. The van der Waals surface area contributed by atoms with Gasteiger partial charge in [0.2, 0.25) is 0 Å². The Morgan fingerprint density at radius 3 is 2.03 bits per heavy atom. The Morgan fingerprint density at radius 1 is 0.677 bits per heavy atom. The van der Waals surface area contributed by atoms with E-state index in [1.807, 2.05) is 36.4 Å². The van der Waals surface area contributed by atoms with Gasteiger partial charge in [-0.2, -0.15) is 0 Å². The maximum absolute atomic E-state index is 13.2. The molecular formula is C27H17NO3. The molecule has 4 aromatic rings. The number of allylic oxidation sites excluding steroid dienone is 1. The van der Waals surface area contributed by atoms with E-state index in [2.05, 4.69) is 0 Å². The number of hydrogen-bond donors (Lipinski definition) is 0. The first kappa shape index (κ1) is 18.7. The summed E-state index contributed by atoms with van der Waals surface area (Å²) in [6, 6.07) is 26.9. The Labute approximate surface area is 179 Å². The number of para-hydroxylation sites is 1. The van der Waals surface area contributed by atoms with Gasteiger partial charge in [0, 0.05) is 22.1 Å². The number of hydrogen-bond acceptors (Lipinski definition) is 3. The summed E-state index contributed by atoms with van der Waals surface area (Å²) in [5.41, 5.74) is 2.73. The highest BCUT2D eigenvalue weighted by molar-refractivity contribution is 6.37. The molecule has 0 saturated carbocycles. The first-order valence-corrected chi connectivity index (χ1v) is 9.92. The predicted molar refractivity (Wildman–Crippen MR) is 121 cm³/mol. The van der Waals surface area contributed by atoms with Crippen LogP contribution in [0.3, 0.4) is 0 Å². The largest absolute Gasteiger partial charge is 0.289 e. The lowest BCUT2D eigenvalue weighted by molar-refractivity contribution is 0.0892. The first-order chi connectivity index (χ1) is 15.1. The van der Waals surface area contributed by atoms with Crippen molar-refractivity contribution in [1.82, 2.24) is 0 Å². The fourth-order valence-corrected chi connectivity index (χ4v) is 3.95. The van der Waals surface area contributed by atoms with E-state index in [0.29, 0.717) is 33.2 Å². The number of benzene rings is 4. The minimum atomic E-state index is -0.390.